The third-order valence-corrected chi connectivity index (χ3v) is 3.43. The minimum atomic E-state index is -0.124. The van der Waals surface area contributed by atoms with Gasteiger partial charge in [-0.2, -0.15) is 5.26 Å². The molecule has 2 aromatic carbocycles. The van der Waals surface area contributed by atoms with E-state index in [2.05, 4.69) is 28.7 Å². The van der Waals surface area contributed by atoms with Gasteiger partial charge in [0, 0.05) is 16.2 Å². The molecule has 19 heavy (non-hydrogen) atoms. The van der Waals surface area contributed by atoms with Crippen molar-refractivity contribution >= 4 is 34.2 Å². The van der Waals surface area contributed by atoms with E-state index >= 15 is 0 Å². The maximum absolute atomic E-state index is 12.4. The molecule has 0 aliphatic heterocycles. The van der Waals surface area contributed by atoms with Gasteiger partial charge in [0.1, 0.15) is 6.07 Å². The molecular weight excluding hydrogens is 351 g/mol. The molecule has 0 saturated heterocycles. The Morgan fingerprint density at radius 1 is 1.21 bits per heavy atom. The molecule has 0 saturated carbocycles. The van der Waals surface area contributed by atoms with Gasteiger partial charge in [0.05, 0.1) is 11.3 Å². The fourth-order valence-corrected chi connectivity index (χ4v) is 2.33. The zero-order valence-corrected chi connectivity index (χ0v) is 12.5. The maximum atomic E-state index is 12.4. The van der Waals surface area contributed by atoms with Crippen molar-refractivity contribution in [1.82, 2.24) is 0 Å². The number of benzene rings is 2. The lowest BCUT2D eigenvalue weighted by Crippen LogP contribution is -2.27. The Labute approximate surface area is 125 Å². The Hall–Kier alpha value is -1.87. The third kappa shape index (κ3) is 2.93. The number of carbonyl (C=O) groups excluding carboxylic acids is 1. The van der Waals surface area contributed by atoms with Crippen molar-refractivity contribution in [2.24, 2.45) is 0 Å². The van der Waals surface area contributed by atoms with Gasteiger partial charge >= 0.3 is 0 Å². The maximum Gasteiger partial charge on any atom is 0.258 e. The fraction of sp³-hybridized carbons (Fsp3) is 0.0667. The van der Waals surface area contributed by atoms with Crippen molar-refractivity contribution in [2.45, 2.75) is 0 Å². The van der Waals surface area contributed by atoms with Gasteiger partial charge < -0.3 is 4.90 Å². The molecule has 0 N–H and O–H groups in total. The Kier molecular flexibility index (Phi) is 4.17. The fourth-order valence-electron chi connectivity index (χ4n) is 1.79. The summed E-state index contributed by atoms with van der Waals surface area (Å²) in [5.74, 6) is -0.124. The van der Waals surface area contributed by atoms with Crippen LogP contribution in [-0.2, 0) is 0 Å². The van der Waals surface area contributed by atoms with E-state index in [4.69, 9.17) is 5.26 Å². The van der Waals surface area contributed by atoms with E-state index < -0.39 is 0 Å². The number of nitrogens with zero attached hydrogens (tertiary/aromatic N) is 2. The lowest BCUT2D eigenvalue weighted by Gasteiger charge is -2.18. The molecule has 0 bridgehead atoms. The largest absolute Gasteiger partial charge is 0.310 e. The van der Waals surface area contributed by atoms with Crippen LogP contribution < -0.4 is 4.90 Å². The molecule has 0 unspecified atom stereocenters. The van der Waals surface area contributed by atoms with Crippen molar-refractivity contribution < 1.29 is 4.79 Å². The summed E-state index contributed by atoms with van der Waals surface area (Å²) in [5, 5.41) is 9.07. The second-order valence-electron chi connectivity index (χ2n) is 4.00. The first-order valence-corrected chi connectivity index (χ1v) is 6.74. The Morgan fingerprint density at radius 2 is 1.95 bits per heavy atom. The zero-order valence-electron chi connectivity index (χ0n) is 10.3. The van der Waals surface area contributed by atoms with Gasteiger partial charge in [-0.1, -0.05) is 18.2 Å². The highest BCUT2D eigenvalue weighted by Gasteiger charge is 2.16. The molecule has 0 aromatic heterocycles. The predicted octanol–water partition coefficient (Wildman–Crippen LogP) is 3.44. The highest BCUT2D eigenvalue weighted by molar-refractivity contribution is 14.1. The van der Waals surface area contributed by atoms with Crippen LogP contribution >= 0.6 is 22.6 Å². The van der Waals surface area contributed by atoms with Crippen LogP contribution in [0.3, 0.4) is 0 Å². The molecule has 0 atom stereocenters. The number of hydrogen-bond donors (Lipinski definition) is 0. The van der Waals surface area contributed by atoms with Crippen molar-refractivity contribution in [3.63, 3.8) is 0 Å². The average molecular weight is 362 g/mol. The molecule has 0 fully saturated rings. The van der Waals surface area contributed by atoms with Crippen LogP contribution in [0.4, 0.5) is 5.69 Å². The first kappa shape index (κ1) is 13.6. The molecule has 0 radical (unpaired) electrons. The second-order valence-corrected chi connectivity index (χ2v) is 5.25. The van der Waals surface area contributed by atoms with Crippen molar-refractivity contribution in [3.8, 4) is 6.07 Å². The summed E-state index contributed by atoms with van der Waals surface area (Å²) in [6.45, 7) is 0. The normalized spacial score (nSPS) is 9.74. The predicted molar refractivity (Wildman–Crippen MR) is 83.0 cm³/mol. The summed E-state index contributed by atoms with van der Waals surface area (Å²) in [6.07, 6.45) is 0. The van der Waals surface area contributed by atoms with Crippen LogP contribution in [0, 0.1) is 14.9 Å². The highest BCUT2D eigenvalue weighted by Crippen LogP contribution is 2.20. The summed E-state index contributed by atoms with van der Waals surface area (Å²) in [6, 6.07) is 16.5. The van der Waals surface area contributed by atoms with E-state index in [9.17, 15) is 4.79 Å². The first-order valence-electron chi connectivity index (χ1n) is 5.66. The van der Waals surface area contributed by atoms with Gasteiger partial charge in [-0.25, -0.2) is 0 Å². The molecule has 0 heterocycles. The quantitative estimate of drug-likeness (QED) is 0.769. The number of carbonyl (C=O) groups is 1. The molecule has 0 aliphatic rings. The number of amides is 1. The summed E-state index contributed by atoms with van der Waals surface area (Å²) >= 11 is 2.17. The summed E-state index contributed by atoms with van der Waals surface area (Å²) in [7, 11) is 1.68. The number of anilines is 1. The number of nitriles is 1. The van der Waals surface area contributed by atoms with Crippen LogP contribution in [0.5, 0.6) is 0 Å². The molecule has 3 nitrogen and oxygen atoms in total. The third-order valence-electron chi connectivity index (χ3n) is 2.76. The van der Waals surface area contributed by atoms with Crippen molar-refractivity contribution in [2.75, 3.05) is 11.9 Å². The topological polar surface area (TPSA) is 44.1 Å². The smallest absolute Gasteiger partial charge is 0.258 e. The molecule has 2 aromatic rings. The number of rotatable bonds is 2. The van der Waals surface area contributed by atoms with Crippen LogP contribution in [0.25, 0.3) is 0 Å². The molecule has 2 rings (SSSR count). The molecule has 0 spiro atoms. The van der Waals surface area contributed by atoms with Gasteiger partial charge in [-0.3, -0.25) is 4.79 Å². The summed E-state index contributed by atoms with van der Waals surface area (Å²) in [5.41, 5.74) is 1.72. The number of para-hydroxylation sites is 1. The standard InChI is InChI=1S/C15H11IN2O/c1-18(14-8-3-2-5-12(14)10-17)15(19)11-6-4-7-13(16)9-11/h2-9H,1H3. The monoisotopic (exact) mass is 362 g/mol. The zero-order chi connectivity index (χ0) is 13.8. The van der Waals surface area contributed by atoms with Crippen LogP contribution in [0.15, 0.2) is 48.5 Å². The molecule has 94 valence electrons. The Balaban J connectivity index is 2.37. The van der Waals surface area contributed by atoms with Gasteiger partial charge in [0.2, 0.25) is 0 Å². The van der Waals surface area contributed by atoms with Crippen molar-refractivity contribution in [1.29, 1.82) is 5.26 Å². The highest BCUT2D eigenvalue weighted by atomic mass is 127. The first-order chi connectivity index (χ1) is 9.13. The SMILES string of the molecule is CN(C(=O)c1cccc(I)c1)c1ccccc1C#N. The molecular formula is C15H11IN2O. The van der Waals surface area contributed by atoms with Crippen LogP contribution in [0.1, 0.15) is 15.9 Å². The minimum Gasteiger partial charge on any atom is -0.310 e. The molecule has 0 aliphatic carbocycles. The lowest BCUT2D eigenvalue weighted by atomic mass is 10.1. The summed E-state index contributed by atoms with van der Waals surface area (Å²) in [4.78, 5) is 13.9. The molecule has 1 amide bonds. The minimum absolute atomic E-state index is 0.124. The van der Waals surface area contributed by atoms with Gasteiger partial charge in [0.15, 0.2) is 0 Å². The van der Waals surface area contributed by atoms with E-state index in [1.54, 1.807) is 31.3 Å². The Morgan fingerprint density at radius 3 is 2.63 bits per heavy atom. The van der Waals surface area contributed by atoms with E-state index in [0.717, 1.165) is 3.57 Å². The molecule has 4 heteroatoms. The Bertz CT molecular complexity index is 661. The van der Waals surface area contributed by atoms with E-state index in [0.29, 0.717) is 16.8 Å². The summed E-state index contributed by atoms with van der Waals surface area (Å²) < 4.78 is 1.01. The van der Waals surface area contributed by atoms with Gasteiger partial charge in [-0.15, -0.1) is 0 Å². The van der Waals surface area contributed by atoms with Gasteiger partial charge in [-0.05, 0) is 52.9 Å². The van der Waals surface area contributed by atoms with Gasteiger partial charge in [0.25, 0.3) is 5.91 Å². The number of halogens is 1. The lowest BCUT2D eigenvalue weighted by molar-refractivity contribution is 0.0993. The number of hydrogen-bond acceptors (Lipinski definition) is 2. The second kappa shape index (κ2) is 5.85. The van der Waals surface area contributed by atoms with E-state index in [-0.39, 0.29) is 5.91 Å². The van der Waals surface area contributed by atoms with Crippen LogP contribution in [0.2, 0.25) is 0 Å². The van der Waals surface area contributed by atoms with E-state index in [1.165, 1.54) is 4.90 Å². The average Bonchev–Trinajstić information content (AvgIpc) is 2.45. The van der Waals surface area contributed by atoms with E-state index in [1.807, 2.05) is 24.3 Å². The van der Waals surface area contributed by atoms with Crippen LogP contribution in [-0.4, -0.2) is 13.0 Å². The van der Waals surface area contributed by atoms with Crippen molar-refractivity contribution in [3.05, 3.63) is 63.2 Å².